The summed E-state index contributed by atoms with van der Waals surface area (Å²) in [6.07, 6.45) is 1.41. The van der Waals surface area contributed by atoms with E-state index in [0.29, 0.717) is 27.8 Å². The van der Waals surface area contributed by atoms with Gasteiger partial charge in [0.25, 0.3) is 5.91 Å². The van der Waals surface area contributed by atoms with E-state index >= 15 is 0 Å². The van der Waals surface area contributed by atoms with Gasteiger partial charge in [-0.1, -0.05) is 11.6 Å². The lowest BCUT2D eigenvalue weighted by Crippen LogP contribution is -2.14. The van der Waals surface area contributed by atoms with Crippen LogP contribution >= 0.6 is 11.6 Å². The van der Waals surface area contributed by atoms with Crippen LogP contribution in [0.25, 0.3) is 0 Å². The summed E-state index contributed by atoms with van der Waals surface area (Å²) in [6.45, 7) is 0. The number of pyridine rings is 1. The second kappa shape index (κ2) is 8.01. The number of aromatic nitrogens is 1. The summed E-state index contributed by atoms with van der Waals surface area (Å²) < 4.78 is 31.4. The third-order valence-electron chi connectivity index (χ3n) is 3.61. The number of anilines is 3. The van der Waals surface area contributed by atoms with Gasteiger partial charge in [0, 0.05) is 16.8 Å². The van der Waals surface area contributed by atoms with Crippen LogP contribution in [0.4, 0.5) is 25.8 Å². The zero-order chi connectivity index (χ0) is 19.4. The number of hydrogen-bond acceptors (Lipinski definition) is 4. The predicted octanol–water partition coefficient (Wildman–Crippen LogP) is 5.02. The third kappa shape index (κ3) is 4.51. The van der Waals surface area contributed by atoms with E-state index < -0.39 is 17.5 Å². The molecular weight excluding hydrogens is 376 g/mol. The number of rotatable bonds is 5. The molecule has 0 atom stereocenters. The molecule has 27 heavy (non-hydrogen) atoms. The Balaban J connectivity index is 1.72. The van der Waals surface area contributed by atoms with E-state index in [2.05, 4.69) is 15.6 Å². The summed E-state index contributed by atoms with van der Waals surface area (Å²) >= 11 is 5.94. The lowest BCUT2D eigenvalue weighted by atomic mass is 10.2. The molecule has 2 aromatic carbocycles. The third-order valence-corrected chi connectivity index (χ3v) is 3.85. The summed E-state index contributed by atoms with van der Waals surface area (Å²) in [5.74, 6) is -1.87. The van der Waals surface area contributed by atoms with Gasteiger partial charge in [0.15, 0.2) is 11.6 Å². The highest BCUT2D eigenvalue weighted by Gasteiger charge is 2.12. The van der Waals surface area contributed by atoms with Crippen LogP contribution in [0.2, 0.25) is 5.02 Å². The number of benzene rings is 2. The molecule has 0 aliphatic rings. The van der Waals surface area contributed by atoms with Crippen molar-refractivity contribution in [3.05, 3.63) is 77.1 Å². The maximum Gasteiger partial charge on any atom is 0.274 e. The highest BCUT2D eigenvalue weighted by atomic mass is 35.5. The van der Waals surface area contributed by atoms with Crippen LogP contribution < -0.4 is 15.4 Å². The number of carbonyl (C=O) groups is 1. The van der Waals surface area contributed by atoms with Crippen LogP contribution in [-0.4, -0.2) is 18.0 Å². The molecule has 5 nitrogen and oxygen atoms in total. The fraction of sp³-hybridized carbons (Fsp3) is 0.0526. The summed E-state index contributed by atoms with van der Waals surface area (Å²) in [7, 11) is 1.48. The molecule has 0 saturated heterocycles. The second-order valence-corrected chi connectivity index (χ2v) is 5.92. The smallest absolute Gasteiger partial charge is 0.274 e. The van der Waals surface area contributed by atoms with E-state index in [4.69, 9.17) is 16.3 Å². The molecule has 0 spiro atoms. The lowest BCUT2D eigenvalue weighted by molar-refractivity contribution is 0.102. The highest BCUT2D eigenvalue weighted by molar-refractivity contribution is 6.31. The van der Waals surface area contributed by atoms with Gasteiger partial charge in [-0.25, -0.2) is 13.8 Å². The first-order valence-electron chi connectivity index (χ1n) is 7.79. The Labute approximate surface area is 159 Å². The Bertz CT molecular complexity index is 981. The number of ether oxygens (including phenoxy) is 1. The van der Waals surface area contributed by atoms with Crippen LogP contribution in [0.5, 0.6) is 5.75 Å². The normalized spacial score (nSPS) is 10.4. The number of halogens is 3. The number of nitrogens with one attached hydrogen (secondary N) is 2. The van der Waals surface area contributed by atoms with Crippen LogP contribution in [0.3, 0.4) is 0 Å². The zero-order valence-corrected chi connectivity index (χ0v) is 14.8. The summed E-state index contributed by atoms with van der Waals surface area (Å²) in [6, 6.07) is 11.4. The molecule has 3 rings (SSSR count). The van der Waals surface area contributed by atoms with Crippen LogP contribution in [0.1, 0.15) is 10.5 Å². The van der Waals surface area contributed by atoms with E-state index in [1.165, 1.54) is 25.4 Å². The van der Waals surface area contributed by atoms with Crippen molar-refractivity contribution >= 4 is 34.6 Å². The average molecular weight is 390 g/mol. The fourth-order valence-electron chi connectivity index (χ4n) is 2.31. The second-order valence-electron chi connectivity index (χ2n) is 5.48. The van der Waals surface area contributed by atoms with Crippen molar-refractivity contribution in [2.75, 3.05) is 17.7 Å². The van der Waals surface area contributed by atoms with E-state index in [9.17, 15) is 13.6 Å². The van der Waals surface area contributed by atoms with Gasteiger partial charge in [0.1, 0.15) is 11.4 Å². The molecule has 138 valence electrons. The lowest BCUT2D eigenvalue weighted by Gasteiger charge is -2.11. The molecule has 0 fully saturated rings. The van der Waals surface area contributed by atoms with Gasteiger partial charge in [0.05, 0.1) is 24.7 Å². The van der Waals surface area contributed by atoms with Crippen molar-refractivity contribution in [1.29, 1.82) is 0 Å². The number of nitrogens with zero attached hydrogens (tertiary/aromatic N) is 1. The maximum absolute atomic E-state index is 13.2. The SMILES string of the molecule is COc1ccc(Cl)cc1NC(=O)c1ccc(Nc2ccc(F)c(F)c2)cn1. The number of hydrogen-bond donors (Lipinski definition) is 2. The summed E-state index contributed by atoms with van der Waals surface area (Å²) in [5, 5.41) is 6.00. The van der Waals surface area contributed by atoms with Crippen molar-refractivity contribution < 1.29 is 18.3 Å². The van der Waals surface area contributed by atoms with Gasteiger partial charge in [-0.15, -0.1) is 0 Å². The van der Waals surface area contributed by atoms with Crippen molar-refractivity contribution in [3.8, 4) is 5.75 Å². The van der Waals surface area contributed by atoms with Gasteiger partial charge in [-0.05, 0) is 42.5 Å². The number of methoxy groups -OCH3 is 1. The number of carbonyl (C=O) groups excluding carboxylic acids is 1. The van der Waals surface area contributed by atoms with E-state index in [1.807, 2.05) is 0 Å². The molecular formula is C19H14ClF2N3O2. The Morgan fingerprint density at radius 1 is 1.04 bits per heavy atom. The topological polar surface area (TPSA) is 63.2 Å². The molecule has 2 N–H and O–H groups in total. The molecule has 1 heterocycles. The first kappa shape index (κ1) is 18.6. The molecule has 1 amide bonds. The van der Waals surface area contributed by atoms with Crippen LogP contribution in [0, 0.1) is 11.6 Å². The molecule has 0 aliphatic carbocycles. The first-order chi connectivity index (χ1) is 13.0. The Kier molecular flexibility index (Phi) is 5.52. The molecule has 3 aromatic rings. The van der Waals surface area contributed by atoms with Crippen LogP contribution in [0.15, 0.2) is 54.7 Å². The molecule has 0 bridgehead atoms. The Morgan fingerprint density at radius 2 is 1.81 bits per heavy atom. The highest BCUT2D eigenvalue weighted by Crippen LogP contribution is 2.28. The molecule has 1 aromatic heterocycles. The van der Waals surface area contributed by atoms with Gasteiger partial charge >= 0.3 is 0 Å². The first-order valence-corrected chi connectivity index (χ1v) is 8.17. The van der Waals surface area contributed by atoms with Crippen molar-refractivity contribution in [1.82, 2.24) is 4.98 Å². The Hall–Kier alpha value is -3.19. The minimum atomic E-state index is -0.959. The minimum absolute atomic E-state index is 0.160. The minimum Gasteiger partial charge on any atom is -0.495 e. The predicted molar refractivity (Wildman–Crippen MR) is 99.8 cm³/mol. The largest absolute Gasteiger partial charge is 0.495 e. The van der Waals surface area contributed by atoms with Gasteiger partial charge in [-0.3, -0.25) is 4.79 Å². The van der Waals surface area contributed by atoms with Gasteiger partial charge in [-0.2, -0.15) is 0 Å². The summed E-state index contributed by atoms with van der Waals surface area (Å²) in [4.78, 5) is 16.4. The standard InChI is InChI=1S/C19H14ClF2N3O2/c1-27-18-7-2-11(20)8-17(18)25-19(26)16-6-4-13(10-23-16)24-12-3-5-14(21)15(22)9-12/h2-10,24H,1H3,(H,25,26). The van der Waals surface area contributed by atoms with Crippen molar-refractivity contribution in [3.63, 3.8) is 0 Å². The van der Waals surface area contributed by atoms with Crippen molar-refractivity contribution in [2.24, 2.45) is 0 Å². The fourth-order valence-corrected chi connectivity index (χ4v) is 2.48. The van der Waals surface area contributed by atoms with E-state index in [-0.39, 0.29) is 5.69 Å². The molecule has 0 radical (unpaired) electrons. The van der Waals surface area contributed by atoms with Gasteiger partial charge < -0.3 is 15.4 Å². The zero-order valence-electron chi connectivity index (χ0n) is 14.1. The van der Waals surface area contributed by atoms with Crippen molar-refractivity contribution in [2.45, 2.75) is 0 Å². The summed E-state index contributed by atoms with van der Waals surface area (Å²) in [5.41, 5.74) is 1.45. The molecule has 0 saturated carbocycles. The molecule has 0 unspecified atom stereocenters. The maximum atomic E-state index is 13.2. The van der Waals surface area contributed by atoms with E-state index in [1.54, 1.807) is 24.3 Å². The molecule has 8 heteroatoms. The number of amides is 1. The van der Waals surface area contributed by atoms with E-state index in [0.717, 1.165) is 12.1 Å². The molecule has 0 aliphatic heterocycles. The Morgan fingerprint density at radius 3 is 2.48 bits per heavy atom. The monoisotopic (exact) mass is 389 g/mol. The quantitative estimate of drug-likeness (QED) is 0.643. The average Bonchev–Trinajstić information content (AvgIpc) is 2.65. The van der Waals surface area contributed by atoms with Crippen LogP contribution in [-0.2, 0) is 0 Å². The van der Waals surface area contributed by atoms with Gasteiger partial charge in [0.2, 0.25) is 0 Å².